The molecule has 1 amide bonds. The second kappa shape index (κ2) is 5.87. The maximum atomic E-state index is 11.4. The van der Waals surface area contributed by atoms with Gasteiger partial charge in [-0.1, -0.05) is 11.6 Å². The van der Waals surface area contributed by atoms with Gasteiger partial charge in [-0.15, -0.1) is 0 Å². The standard InChI is InChI=1S/C12H16ClN3O/c13-11-8-10(5-7-15-11)14-6-1-2-12(17)16-9-3-4-9/h5,7-9H,1-4,6H2,(H,14,15)(H,16,17). The molecule has 0 atom stereocenters. The number of carbonyl (C=O) groups excluding carboxylic acids is 1. The van der Waals surface area contributed by atoms with Gasteiger partial charge in [0.05, 0.1) is 0 Å². The van der Waals surface area contributed by atoms with Gasteiger partial charge in [-0.3, -0.25) is 4.79 Å². The van der Waals surface area contributed by atoms with Crippen molar-refractivity contribution in [3.63, 3.8) is 0 Å². The number of hydrogen-bond acceptors (Lipinski definition) is 3. The van der Waals surface area contributed by atoms with Crippen molar-refractivity contribution < 1.29 is 4.79 Å². The predicted molar refractivity (Wildman–Crippen MR) is 68.1 cm³/mol. The first-order valence-electron chi connectivity index (χ1n) is 5.89. The first-order chi connectivity index (χ1) is 8.24. The summed E-state index contributed by atoms with van der Waals surface area (Å²) in [6.45, 7) is 0.762. The molecule has 92 valence electrons. The van der Waals surface area contributed by atoms with E-state index in [1.165, 1.54) is 0 Å². The van der Waals surface area contributed by atoms with E-state index in [-0.39, 0.29) is 5.91 Å². The van der Waals surface area contributed by atoms with E-state index in [1.54, 1.807) is 12.3 Å². The van der Waals surface area contributed by atoms with E-state index >= 15 is 0 Å². The molecule has 1 aliphatic rings. The molecule has 0 saturated heterocycles. The molecule has 0 unspecified atom stereocenters. The zero-order valence-corrected chi connectivity index (χ0v) is 10.3. The highest BCUT2D eigenvalue weighted by Gasteiger charge is 2.22. The Hall–Kier alpha value is -1.29. The highest BCUT2D eigenvalue weighted by molar-refractivity contribution is 6.29. The zero-order chi connectivity index (χ0) is 12.1. The fourth-order valence-corrected chi connectivity index (χ4v) is 1.70. The van der Waals surface area contributed by atoms with Gasteiger partial charge in [0, 0.05) is 30.9 Å². The summed E-state index contributed by atoms with van der Waals surface area (Å²) in [5.41, 5.74) is 0.938. The molecular weight excluding hydrogens is 238 g/mol. The number of halogens is 1. The summed E-state index contributed by atoms with van der Waals surface area (Å²) >= 11 is 5.76. The number of hydrogen-bond donors (Lipinski definition) is 2. The fraction of sp³-hybridized carbons (Fsp3) is 0.500. The molecule has 0 aromatic carbocycles. The van der Waals surface area contributed by atoms with E-state index in [9.17, 15) is 4.79 Å². The minimum atomic E-state index is 0.155. The van der Waals surface area contributed by atoms with Crippen LogP contribution in [0, 0.1) is 0 Å². The molecule has 5 heteroatoms. The second-order valence-electron chi connectivity index (χ2n) is 4.24. The average molecular weight is 254 g/mol. The molecule has 0 spiro atoms. The maximum Gasteiger partial charge on any atom is 0.220 e. The minimum absolute atomic E-state index is 0.155. The van der Waals surface area contributed by atoms with Gasteiger partial charge in [0.2, 0.25) is 5.91 Å². The lowest BCUT2D eigenvalue weighted by molar-refractivity contribution is -0.121. The second-order valence-corrected chi connectivity index (χ2v) is 4.63. The molecule has 2 rings (SSSR count). The monoisotopic (exact) mass is 253 g/mol. The molecule has 4 nitrogen and oxygen atoms in total. The molecule has 1 saturated carbocycles. The summed E-state index contributed by atoms with van der Waals surface area (Å²) < 4.78 is 0. The van der Waals surface area contributed by atoms with Crippen LogP contribution in [0.4, 0.5) is 5.69 Å². The number of rotatable bonds is 6. The molecular formula is C12H16ClN3O. The van der Waals surface area contributed by atoms with Crippen molar-refractivity contribution in [2.75, 3.05) is 11.9 Å². The Kier molecular flexibility index (Phi) is 4.20. The third-order valence-corrected chi connectivity index (χ3v) is 2.79. The van der Waals surface area contributed by atoms with E-state index in [0.29, 0.717) is 17.6 Å². The van der Waals surface area contributed by atoms with E-state index in [2.05, 4.69) is 15.6 Å². The van der Waals surface area contributed by atoms with Crippen LogP contribution in [-0.2, 0) is 4.79 Å². The topological polar surface area (TPSA) is 54.0 Å². The number of aromatic nitrogens is 1. The summed E-state index contributed by atoms with van der Waals surface area (Å²) in [6.07, 6.45) is 5.32. The number of nitrogens with zero attached hydrogens (tertiary/aromatic N) is 1. The molecule has 1 heterocycles. The Morgan fingerprint density at radius 3 is 3.06 bits per heavy atom. The quantitative estimate of drug-likeness (QED) is 0.604. The van der Waals surface area contributed by atoms with Gasteiger partial charge in [0.15, 0.2) is 0 Å². The van der Waals surface area contributed by atoms with Crippen molar-refractivity contribution >= 4 is 23.2 Å². The molecule has 0 bridgehead atoms. The molecule has 0 aliphatic heterocycles. The smallest absolute Gasteiger partial charge is 0.220 e. The lowest BCUT2D eigenvalue weighted by Crippen LogP contribution is -2.25. The first kappa shape index (κ1) is 12.2. The predicted octanol–water partition coefficient (Wildman–Crippen LogP) is 2.21. The number of carbonyl (C=O) groups is 1. The summed E-state index contributed by atoms with van der Waals surface area (Å²) in [5.74, 6) is 0.155. The number of pyridine rings is 1. The SMILES string of the molecule is O=C(CCCNc1ccnc(Cl)c1)NC1CC1. The van der Waals surface area contributed by atoms with Gasteiger partial charge < -0.3 is 10.6 Å². The zero-order valence-electron chi connectivity index (χ0n) is 9.58. The van der Waals surface area contributed by atoms with Crippen LogP contribution in [0.5, 0.6) is 0 Å². The van der Waals surface area contributed by atoms with Crippen LogP contribution >= 0.6 is 11.6 Å². The van der Waals surface area contributed by atoms with Gasteiger partial charge in [0.25, 0.3) is 0 Å². The van der Waals surface area contributed by atoms with E-state index < -0.39 is 0 Å². The highest BCUT2D eigenvalue weighted by Crippen LogP contribution is 2.18. The third-order valence-electron chi connectivity index (χ3n) is 2.58. The summed E-state index contributed by atoms with van der Waals surface area (Å²) in [7, 11) is 0. The van der Waals surface area contributed by atoms with Crippen LogP contribution in [0.15, 0.2) is 18.3 Å². The summed E-state index contributed by atoms with van der Waals surface area (Å²) in [6, 6.07) is 4.08. The first-order valence-corrected chi connectivity index (χ1v) is 6.26. The maximum absolute atomic E-state index is 11.4. The number of anilines is 1. The Morgan fingerprint density at radius 1 is 1.53 bits per heavy atom. The number of nitrogens with one attached hydrogen (secondary N) is 2. The van der Waals surface area contributed by atoms with Crippen molar-refractivity contribution in [1.29, 1.82) is 0 Å². The summed E-state index contributed by atoms with van der Waals surface area (Å²) in [5, 5.41) is 6.64. The van der Waals surface area contributed by atoms with E-state index in [0.717, 1.165) is 31.5 Å². The van der Waals surface area contributed by atoms with E-state index in [1.807, 2.05) is 6.07 Å². The van der Waals surface area contributed by atoms with Gasteiger partial charge in [-0.2, -0.15) is 0 Å². The average Bonchev–Trinajstić information content (AvgIpc) is 3.08. The highest BCUT2D eigenvalue weighted by atomic mass is 35.5. The van der Waals surface area contributed by atoms with Crippen molar-refractivity contribution in [2.24, 2.45) is 0 Å². The van der Waals surface area contributed by atoms with Gasteiger partial charge >= 0.3 is 0 Å². The number of amides is 1. The summed E-state index contributed by atoms with van der Waals surface area (Å²) in [4.78, 5) is 15.3. The molecule has 1 aliphatic carbocycles. The Labute approximate surface area is 106 Å². The molecule has 1 aromatic rings. The van der Waals surface area contributed by atoms with Crippen LogP contribution < -0.4 is 10.6 Å². The largest absolute Gasteiger partial charge is 0.385 e. The molecule has 1 fully saturated rings. The van der Waals surface area contributed by atoms with Gasteiger partial charge in [-0.05, 0) is 31.4 Å². The fourth-order valence-electron chi connectivity index (χ4n) is 1.52. The van der Waals surface area contributed by atoms with Gasteiger partial charge in [0.1, 0.15) is 5.15 Å². The van der Waals surface area contributed by atoms with Crippen LogP contribution in [0.25, 0.3) is 0 Å². The molecule has 17 heavy (non-hydrogen) atoms. The minimum Gasteiger partial charge on any atom is -0.385 e. The lowest BCUT2D eigenvalue weighted by atomic mass is 10.3. The lowest BCUT2D eigenvalue weighted by Gasteiger charge is -2.06. The van der Waals surface area contributed by atoms with Crippen LogP contribution in [0.3, 0.4) is 0 Å². The van der Waals surface area contributed by atoms with Crippen molar-refractivity contribution in [3.05, 3.63) is 23.5 Å². The molecule has 2 N–H and O–H groups in total. The molecule has 1 aromatic heterocycles. The van der Waals surface area contributed by atoms with Crippen molar-refractivity contribution in [2.45, 2.75) is 31.7 Å². The van der Waals surface area contributed by atoms with Crippen molar-refractivity contribution in [1.82, 2.24) is 10.3 Å². The van der Waals surface area contributed by atoms with E-state index in [4.69, 9.17) is 11.6 Å². The van der Waals surface area contributed by atoms with Crippen LogP contribution in [-0.4, -0.2) is 23.5 Å². The van der Waals surface area contributed by atoms with Crippen LogP contribution in [0.1, 0.15) is 25.7 Å². The Balaban J connectivity index is 1.60. The third kappa shape index (κ3) is 4.61. The van der Waals surface area contributed by atoms with Crippen molar-refractivity contribution in [3.8, 4) is 0 Å². The molecule has 0 radical (unpaired) electrons. The normalized spacial score (nSPS) is 14.4. The van der Waals surface area contributed by atoms with Gasteiger partial charge in [-0.25, -0.2) is 4.98 Å². The Morgan fingerprint density at radius 2 is 2.35 bits per heavy atom. The van der Waals surface area contributed by atoms with Crippen LogP contribution in [0.2, 0.25) is 5.15 Å². The Bertz CT molecular complexity index is 393.